The van der Waals surface area contributed by atoms with E-state index in [0.717, 1.165) is 17.5 Å². The van der Waals surface area contributed by atoms with Crippen molar-refractivity contribution in [1.29, 1.82) is 0 Å². The standard InChI is InChI=1S/C16H21N3O/c1-18-14(10-12-8-9-19-15(17)11-12)16(20-2)13-6-4-3-5-7-13/h3-9,11,14,16,18H,10H2,1-2H3,(H2,17,19). The fourth-order valence-electron chi connectivity index (χ4n) is 2.41. The number of pyridine rings is 1. The lowest BCUT2D eigenvalue weighted by Crippen LogP contribution is -2.35. The van der Waals surface area contributed by atoms with Crippen LogP contribution in [0, 0.1) is 0 Å². The highest BCUT2D eigenvalue weighted by molar-refractivity contribution is 5.32. The molecule has 0 fully saturated rings. The molecule has 2 unspecified atom stereocenters. The quantitative estimate of drug-likeness (QED) is 0.845. The molecule has 2 rings (SSSR count). The lowest BCUT2D eigenvalue weighted by atomic mass is 9.96. The van der Waals surface area contributed by atoms with E-state index in [0.29, 0.717) is 5.82 Å². The number of anilines is 1. The zero-order valence-electron chi connectivity index (χ0n) is 11.9. The Balaban J connectivity index is 2.18. The van der Waals surface area contributed by atoms with Gasteiger partial charge in [0, 0.05) is 19.3 Å². The van der Waals surface area contributed by atoms with Crippen LogP contribution in [0.4, 0.5) is 5.82 Å². The first-order chi connectivity index (χ1) is 9.74. The van der Waals surface area contributed by atoms with E-state index in [4.69, 9.17) is 10.5 Å². The van der Waals surface area contributed by atoms with Gasteiger partial charge < -0.3 is 15.8 Å². The van der Waals surface area contributed by atoms with Crippen LogP contribution in [0.25, 0.3) is 0 Å². The van der Waals surface area contributed by atoms with Gasteiger partial charge in [0.2, 0.25) is 0 Å². The van der Waals surface area contributed by atoms with E-state index in [-0.39, 0.29) is 12.1 Å². The van der Waals surface area contributed by atoms with Crippen LogP contribution in [-0.2, 0) is 11.2 Å². The Morgan fingerprint density at radius 3 is 2.60 bits per heavy atom. The molecule has 4 heteroatoms. The second kappa shape index (κ2) is 7.03. The third-order valence-corrected chi connectivity index (χ3v) is 3.42. The van der Waals surface area contributed by atoms with E-state index in [1.54, 1.807) is 13.3 Å². The van der Waals surface area contributed by atoms with E-state index in [1.807, 2.05) is 37.4 Å². The smallest absolute Gasteiger partial charge is 0.123 e. The highest BCUT2D eigenvalue weighted by Gasteiger charge is 2.21. The van der Waals surface area contributed by atoms with Crippen molar-refractivity contribution in [3.63, 3.8) is 0 Å². The summed E-state index contributed by atoms with van der Waals surface area (Å²) in [7, 11) is 3.69. The molecular weight excluding hydrogens is 250 g/mol. The lowest BCUT2D eigenvalue weighted by Gasteiger charge is -2.26. The number of methoxy groups -OCH3 is 1. The Labute approximate surface area is 120 Å². The number of hydrogen-bond acceptors (Lipinski definition) is 4. The van der Waals surface area contributed by atoms with Crippen molar-refractivity contribution in [2.75, 3.05) is 19.9 Å². The number of ether oxygens (including phenoxy) is 1. The van der Waals surface area contributed by atoms with Crippen LogP contribution in [0.3, 0.4) is 0 Å². The van der Waals surface area contributed by atoms with Gasteiger partial charge >= 0.3 is 0 Å². The fourth-order valence-corrected chi connectivity index (χ4v) is 2.41. The Hall–Kier alpha value is -1.91. The summed E-state index contributed by atoms with van der Waals surface area (Å²) in [6.45, 7) is 0. The highest BCUT2D eigenvalue weighted by Crippen LogP contribution is 2.23. The lowest BCUT2D eigenvalue weighted by molar-refractivity contribution is 0.0704. The fraction of sp³-hybridized carbons (Fsp3) is 0.312. The minimum Gasteiger partial charge on any atom is -0.384 e. The molecule has 0 aliphatic heterocycles. The molecule has 4 nitrogen and oxygen atoms in total. The molecular formula is C16H21N3O. The van der Waals surface area contributed by atoms with Crippen molar-refractivity contribution < 1.29 is 4.74 Å². The minimum atomic E-state index is -0.00408. The number of hydrogen-bond donors (Lipinski definition) is 2. The van der Waals surface area contributed by atoms with E-state index < -0.39 is 0 Å². The molecule has 0 aliphatic carbocycles. The summed E-state index contributed by atoms with van der Waals surface area (Å²) in [5.74, 6) is 0.547. The Morgan fingerprint density at radius 2 is 2.00 bits per heavy atom. The number of likely N-dealkylation sites (N-methyl/N-ethyl adjacent to an activating group) is 1. The Bertz CT molecular complexity index is 530. The summed E-state index contributed by atoms with van der Waals surface area (Å²) in [6, 6.07) is 14.3. The highest BCUT2D eigenvalue weighted by atomic mass is 16.5. The van der Waals surface area contributed by atoms with Gasteiger partial charge in [-0.2, -0.15) is 0 Å². The molecule has 20 heavy (non-hydrogen) atoms. The maximum absolute atomic E-state index is 5.73. The van der Waals surface area contributed by atoms with Gasteiger partial charge in [0.05, 0.1) is 6.10 Å². The maximum Gasteiger partial charge on any atom is 0.123 e. The van der Waals surface area contributed by atoms with Gasteiger partial charge in [0.25, 0.3) is 0 Å². The molecule has 0 radical (unpaired) electrons. The van der Waals surface area contributed by atoms with E-state index in [2.05, 4.69) is 22.4 Å². The van der Waals surface area contributed by atoms with E-state index in [1.165, 1.54) is 0 Å². The Morgan fingerprint density at radius 1 is 1.25 bits per heavy atom. The van der Waals surface area contributed by atoms with Crippen molar-refractivity contribution in [3.8, 4) is 0 Å². The molecule has 3 N–H and O–H groups in total. The summed E-state index contributed by atoms with van der Waals surface area (Å²) in [4.78, 5) is 4.02. The summed E-state index contributed by atoms with van der Waals surface area (Å²) >= 11 is 0. The zero-order chi connectivity index (χ0) is 14.4. The number of benzene rings is 1. The van der Waals surface area contributed by atoms with Gasteiger partial charge in [-0.25, -0.2) is 4.98 Å². The van der Waals surface area contributed by atoms with E-state index >= 15 is 0 Å². The number of nitrogens with zero attached hydrogens (tertiary/aromatic N) is 1. The van der Waals surface area contributed by atoms with Crippen LogP contribution in [0.5, 0.6) is 0 Å². The van der Waals surface area contributed by atoms with E-state index in [9.17, 15) is 0 Å². The molecule has 2 atom stereocenters. The van der Waals surface area contributed by atoms with Crippen molar-refractivity contribution in [2.24, 2.45) is 0 Å². The maximum atomic E-state index is 5.73. The first-order valence-electron chi connectivity index (χ1n) is 6.70. The van der Waals surface area contributed by atoms with Crippen molar-refractivity contribution >= 4 is 5.82 Å². The third-order valence-electron chi connectivity index (χ3n) is 3.42. The molecule has 1 heterocycles. The summed E-state index contributed by atoms with van der Waals surface area (Å²) in [5, 5.41) is 3.33. The van der Waals surface area contributed by atoms with Gasteiger partial charge in [0.15, 0.2) is 0 Å². The van der Waals surface area contributed by atoms with Gasteiger partial charge in [-0.3, -0.25) is 0 Å². The predicted molar refractivity (Wildman–Crippen MR) is 81.4 cm³/mol. The average molecular weight is 271 g/mol. The average Bonchev–Trinajstić information content (AvgIpc) is 2.48. The SMILES string of the molecule is CNC(Cc1ccnc(N)c1)C(OC)c1ccccc1. The minimum absolute atomic E-state index is 0.00408. The van der Waals surface area contributed by atoms with Gasteiger partial charge in [-0.15, -0.1) is 0 Å². The largest absolute Gasteiger partial charge is 0.384 e. The zero-order valence-corrected chi connectivity index (χ0v) is 11.9. The second-order valence-electron chi connectivity index (χ2n) is 4.76. The topological polar surface area (TPSA) is 60.2 Å². The van der Waals surface area contributed by atoms with Crippen LogP contribution >= 0.6 is 0 Å². The number of nitrogens with one attached hydrogen (secondary N) is 1. The summed E-state index contributed by atoms with van der Waals surface area (Å²) < 4.78 is 5.68. The second-order valence-corrected chi connectivity index (χ2v) is 4.76. The summed E-state index contributed by atoms with van der Waals surface area (Å²) in [6.07, 6.45) is 2.56. The first kappa shape index (κ1) is 14.5. The van der Waals surface area contributed by atoms with Crippen molar-refractivity contribution in [3.05, 3.63) is 59.8 Å². The van der Waals surface area contributed by atoms with Crippen LogP contribution in [0.2, 0.25) is 0 Å². The Kier molecular flexibility index (Phi) is 5.09. The molecule has 1 aromatic carbocycles. The molecule has 106 valence electrons. The van der Waals surface area contributed by atoms with Crippen LogP contribution in [0.1, 0.15) is 17.2 Å². The van der Waals surface area contributed by atoms with Crippen LogP contribution in [-0.4, -0.2) is 25.2 Å². The molecule has 0 bridgehead atoms. The molecule has 0 amide bonds. The van der Waals surface area contributed by atoms with Gasteiger partial charge in [-0.05, 0) is 36.7 Å². The molecule has 0 aliphatic rings. The number of aromatic nitrogens is 1. The molecule has 0 saturated carbocycles. The summed E-state index contributed by atoms with van der Waals surface area (Å²) in [5.41, 5.74) is 8.04. The first-order valence-corrected chi connectivity index (χ1v) is 6.70. The number of nitrogen functional groups attached to an aromatic ring is 1. The molecule has 0 saturated heterocycles. The van der Waals surface area contributed by atoms with Gasteiger partial charge in [-0.1, -0.05) is 30.3 Å². The molecule has 2 aromatic rings. The predicted octanol–water partition coefficient (Wildman–Crippen LogP) is 2.18. The van der Waals surface area contributed by atoms with Crippen molar-refractivity contribution in [2.45, 2.75) is 18.6 Å². The van der Waals surface area contributed by atoms with Gasteiger partial charge in [0.1, 0.15) is 5.82 Å². The number of rotatable bonds is 6. The molecule has 0 spiro atoms. The van der Waals surface area contributed by atoms with Crippen LogP contribution in [0.15, 0.2) is 48.7 Å². The third kappa shape index (κ3) is 3.56. The van der Waals surface area contributed by atoms with Crippen LogP contribution < -0.4 is 11.1 Å². The van der Waals surface area contributed by atoms with Crippen molar-refractivity contribution in [1.82, 2.24) is 10.3 Å². The molecule has 1 aromatic heterocycles. The monoisotopic (exact) mass is 271 g/mol. The number of nitrogens with two attached hydrogens (primary N) is 1. The normalized spacial score (nSPS) is 13.9.